The van der Waals surface area contributed by atoms with Crippen molar-refractivity contribution in [2.45, 2.75) is 64.5 Å². The Kier molecular flexibility index (Phi) is 7.69. The summed E-state index contributed by atoms with van der Waals surface area (Å²) in [7, 11) is 1.61. The normalized spacial score (nSPS) is 27.0. The summed E-state index contributed by atoms with van der Waals surface area (Å²) in [6, 6.07) is 2.63. The van der Waals surface area contributed by atoms with Gasteiger partial charge in [-0.25, -0.2) is 9.18 Å². The third kappa shape index (κ3) is 5.54. The van der Waals surface area contributed by atoms with Crippen molar-refractivity contribution >= 4 is 23.7 Å². The number of carboxylic acid groups (broad SMARTS) is 1. The van der Waals surface area contributed by atoms with E-state index in [9.17, 15) is 19.5 Å². The van der Waals surface area contributed by atoms with Gasteiger partial charge in [-0.15, -0.1) is 0 Å². The molecule has 2 aliphatic heterocycles. The van der Waals surface area contributed by atoms with Gasteiger partial charge in [0.15, 0.2) is 0 Å². The average molecular weight is 521 g/mol. The van der Waals surface area contributed by atoms with Crippen LogP contribution in [0.3, 0.4) is 0 Å². The number of hydrogen-bond donors (Lipinski definition) is 1. The number of hydrogen-bond acceptors (Lipinski definition) is 6. The lowest BCUT2D eigenvalue weighted by atomic mass is 9.87. The lowest BCUT2D eigenvalue weighted by Gasteiger charge is -2.41. The number of carboxylic acids is 1. The smallest absolute Gasteiger partial charge is 0.410 e. The van der Waals surface area contributed by atoms with E-state index in [2.05, 4.69) is 0 Å². The highest BCUT2D eigenvalue weighted by Crippen LogP contribution is 2.50. The summed E-state index contributed by atoms with van der Waals surface area (Å²) < 4.78 is 32.6. The van der Waals surface area contributed by atoms with Crippen molar-refractivity contribution < 1.29 is 38.1 Å². The van der Waals surface area contributed by atoms with Crippen molar-refractivity contribution in [3.05, 3.63) is 23.5 Å². The Morgan fingerprint density at radius 3 is 2.59 bits per heavy atom. The van der Waals surface area contributed by atoms with E-state index in [-0.39, 0.29) is 49.0 Å². The number of benzene rings is 1. The number of cyclic esters (lactones) is 1. The molecule has 9 nitrogen and oxygen atoms in total. The first kappa shape index (κ1) is 27.2. The van der Waals surface area contributed by atoms with Crippen molar-refractivity contribution in [2.24, 2.45) is 17.8 Å². The number of anilines is 1. The highest BCUT2D eigenvalue weighted by molar-refractivity contribution is 5.97. The molecule has 2 unspecified atom stereocenters. The second-order valence-electron chi connectivity index (χ2n) is 11.2. The molecule has 1 aliphatic carbocycles. The van der Waals surface area contributed by atoms with Crippen LogP contribution in [0.25, 0.3) is 0 Å². The van der Waals surface area contributed by atoms with E-state index in [4.69, 9.17) is 14.2 Å². The number of halogens is 1. The number of methoxy groups -OCH3 is 1. The van der Waals surface area contributed by atoms with Crippen molar-refractivity contribution in [3.63, 3.8) is 0 Å². The molecule has 37 heavy (non-hydrogen) atoms. The zero-order valence-electron chi connectivity index (χ0n) is 22.2. The van der Waals surface area contributed by atoms with E-state index in [1.165, 1.54) is 15.9 Å². The highest BCUT2D eigenvalue weighted by Gasteiger charge is 2.57. The zero-order valence-corrected chi connectivity index (χ0v) is 22.2. The molecule has 4 rings (SSSR count). The first-order chi connectivity index (χ1) is 17.4. The maximum Gasteiger partial charge on any atom is 0.410 e. The molecule has 0 aromatic heterocycles. The lowest BCUT2D eigenvalue weighted by Crippen LogP contribution is -2.54. The number of nitrogens with zero attached hydrogens (tertiary/aromatic N) is 2. The van der Waals surface area contributed by atoms with Gasteiger partial charge in [0.05, 0.1) is 24.1 Å². The maximum absolute atomic E-state index is 15.7. The molecule has 3 fully saturated rings. The van der Waals surface area contributed by atoms with Crippen LogP contribution in [0.4, 0.5) is 14.9 Å². The van der Waals surface area contributed by atoms with Crippen molar-refractivity contribution in [3.8, 4) is 5.75 Å². The number of amides is 2. The van der Waals surface area contributed by atoms with Gasteiger partial charge < -0.3 is 29.1 Å². The van der Waals surface area contributed by atoms with Crippen LogP contribution in [0, 0.1) is 23.6 Å². The number of aliphatic carboxylic acids is 1. The van der Waals surface area contributed by atoms with Gasteiger partial charge >= 0.3 is 12.1 Å². The average Bonchev–Trinajstić information content (AvgIpc) is 3.63. The van der Waals surface area contributed by atoms with Crippen LogP contribution in [-0.4, -0.2) is 73.0 Å². The van der Waals surface area contributed by atoms with Gasteiger partial charge in [-0.2, -0.15) is 0 Å². The van der Waals surface area contributed by atoms with Gasteiger partial charge in [0, 0.05) is 51.3 Å². The first-order valence-electron chi connectivity index (χ1n) is 12.9. The second-order valence-corrected chi connectivity index (χ2v) is 11.2. The number of carbonyl (C=O) groups is 3. The van der Waals surface area contributed by atoms with Gasteiger partial charge in [-0.3, -0.25) is 9.59 Å². The van der Waals surface area contributed by atoms with Gasteiger partial charge in [-0.05, 0) is 44.2 Å². The standard InChI is InChI=1S/C27H37FN2O7/c1-15(2)18-10-20(28)22(12-23(18)36-8-6-7-35-5)30-21-11-19(21)27(3,4)37-26(34)29-13-16(24(30)31)9-17(14-29)25(32)33/h10,12,15-17,19,21H,6-9,11,13-14H2,1-5H3,(H,32,33)/t16-,17+,19?,21?/m1/s1. The summed E-state index contributed by atoms with van der Waals surface area (Å²) in [5.41, 5.74) is -0.115. The van der Waals surface area contributed by atoms with Crippen LogP contribution in [0.1, 0.15) is 58.4 Å². The summed E-state index contributed by atoms with van der Waals surface area (Å²) >= 11 is 0. The Labute approximate surface area is 216 Å². The molecular formula is C27H37FN2O7. The Morgan fingerprint density at radius 2 is 1.95 bits per heavy atom. The number of rotatable bonds is 8. The molecule has 2 heterocycles. The van der Waals surface area contributed by atoms with Crippen LogP contribution in [0.5, 0.6) is 5.75 Å². The Hall–Kier alpha value is -2.88. The summed E-state index contributed by atoms with van der Waals surface area (Å²) in [5, 5.41) is 9.69. The van der Waals surface area contributed by atoms with Crippen molar-refractivity contribution in [1.82, 2.24) is 4.90 Å². The summed E-state index contributed by atoms with van der Waals surface area (Å²) in [6.07, 6.45) is 0.645. The number of ether oxygens (including phenoxy) is 3. The molecule has 2 saturated heterocycles. The van der Waals surface area contributed by atoms with Gasteiger partial charge in [0.2, 0.25) is 5.91 Å². The predicted octanol–water partition coefficient (Wildman–Crippen LogP) is 4.04. The lowest BCUT2D eigenvalue weighted by molar-refractivity contribution is -0.145. The fourth-order valence-corrected chi connectivity index (χ4v) is 5.55. The van der Waals surface area contributed by atoms with E-state index >= 15 is 4.39 Å². The molecule has 1 saturated carbocycles. The number of carbonyl (C=O) groups excluding carboxylic acids is 2. The van der Waals surface area contributed by atoms with E-state index in [0.717, 1.165) is 0 Å². The molecule has 1 N–H and O–H groups in total. The molecule has 204 valence electrons. The Bertz CT molecular complexity index is 1060. The molecule has 1 aromatic carbocycles. The maximum atomic E-state index is 15.7. The predicted molar refractivity (Wildman–Crippen MR) is 133 cm³/mol. The largest absolute Gasteiger partial charge is 0.493 e. The Morgan fingerprint density at radius 1 is 1.22 bits per heavy atom. The SMILES string of the molecule is COCCCOc1cc(N2C(=O)[C@@H]3C[C@H](C(=O)O)CN(C3)C(=O)OC(C)(C)C3CC32)c(F)cc1C(C)C. The first-order valence-corrected chi connectivity index (χ1v) is 12.9. The molecule has 4 atom stereocenters. The minimum absolute atomic E-state index is 0.00836. The Balaban J connectivity index is 1.75. The minimum Gasteiger partial charge on any atom is -0.493 e. The number of piperidine rings is 1. The van der Waals surface area contributed by atoms with Crippen LogP contribution >= 0.6 is 0 Å². The molecule has 0 spiro atoms. The minimum atomic E-state index is -1.08. The monoisotopic (exact) mass is 520 g/mol. The van der Waals surface area contributed by atoms with Crippen LogP contribution < -0.4 is 9.64 Å². The fraction of sp³-hybridized carbons (Fsp3) is 0.667. The number of fused-ring (bicyclic) bond motifs is 3. The van der Waals surface area contributed by atoms with Gasteiger partial charge in [0.1, 0.15) is 17.2 Å². The van der Waals surface area contributed by atoms with Crippen LogP contribution in [0.15, 0.2) is 12.1 Å². The molecule has 2 amide bonds. The summed E-state index contributed by atoms with van der Waals surface area (Å²) in [6.45, 7) is 8.34. The fourth-order valence-electron chi connectivity index (χ4n) is 5.55. The molecule has 3 aliphatic rings. The molecule has 2 bridgehead atoms. The van der Waals surface area contributed by atoms with Crippen molar-refractivity contribution in [2.75, 3.05) is 38.3 Å². The summed E-state index contributed by atoms with van der Waals surface area (Å²) in [4.78, 5) is 41.5. The van der Waals surface area contributed by atoms with Gasteiger partial charge in [0.25, 0.3) is 0 Å². The molecule has 0 radical (unpaired) electrons. The van der Waals surface area contributed by atoms with E-state index in [0.29, 0.717) is 37.4 Å². The van der Waals surface area contributed by atoms with E-state index in [1.54, 1.807) is 27.0 Å². The third-order valence-corrected chi connectivity index (χ3v) is 7.69. The van der Waals surface area contributed by atoms with E-state index in [1.807, 2.05) is 13.8 Å². The highest BCUT2D eigenvalue weighted by atomic mass is 19.1. The quantitative estimate of drug-likeness (QED) is 0.516. The second kappa shape index (κ2) is 10.5. The molecule has 10 heteroatoms. The van der Waals surface area contributed by atoms with Crippen LogP contribution in [-0.2, 0) is 19.1 Å². The van der Waals surface area contributed by atoms with Crippen LogP contribution in [0.2, 0.25) is 0 Å². The van der Waals surface area contributed by atoms with Crippen molar-refractivity contribution in [1.29, 1.82) is 0 Å². The third-order valence-electron chi connectivity index (χ3n) is 7.69. The molecule has 1 aromatic rings. The van der Waals surface area contributed by atoms with E-state index < -0.39 is 35.3 Å². The van der Waals surface area contributed by atoms with Gasteiger partial charge in [-0.1, -0.05) is 13.8 Å². The summed E-state index contributed by atoms with van der Waals surface area (Å²) in [5.74, 6) is -3.40. The topological polar surface area (TPSA) is 106 Å². The molecular weight excluding hydrogens is 483 g/mol. The zero-order chi connectivity index (χ0) is 27.1.